The molecule has 0 aliphatic carbocycles. The van der Waals surface area contributed by atoms with Crippen molar-refractivity contribution in [1.82, 2.24) is 29.8 Å². The van der Waals surface area contributed by atoms with Crippen LogP contribution in [0.4, 0.5) is 82.0 Å². The molecule has 0 radical (unpaired) electrons. The predicted octanol–water partition coefficient (Wildman–Crippen LogP) is 12.0. The summed E-state index contributed by atoms with van der Waals surface area (Å²) in [7, 11) is 3.11. The van der Waals surface area contributed by atoms with Crippen LogP contribution in [0, 0.1) is 13.8 Å². The lowest BCUT2D eigenvalue weighted by atomic mass is 10.1. The summed E-state index contributed by atoms with van der Waals surface area (Å²) in [6, 6.07) is 26.7. The van der Waals surface area contributed by atoms with E-state index in [4.69, 9.17) is 0 Å². The largest absolute Gasteiger partial charge is 0.416 e. The van der Waals surface area contributed by atoms with Crippen LogP contribution in [0.15, 0.2) is 134 Å². The van der Waals surface area contributed by atoms with E-state index in [1.54, 1.807) is 70.5 Å². The van der Waals surface area contributed by atoms with Gasteiger partial charge in [-0.15, -0.1) is 0 Å². The van der Waals surface area contributed by atoms with Crippen LogP contribution in [0.5, 0.6) is 0 Å². The van der Waals surface area contributed by atoms with Gasteiger partial charge >= 0.3 is 24.4 Å². The Bertz CT molecular complexity index is 3280. The SMILES string of the molecule is Cc1ccc(NC(=O)c2cccc(C(F)(F)F)c2)cc1NC(=O)N(C)c1cc(NCCN(C(C)C)C(C)C)ncn1.Cc1ccc(NC(=O)c2cccc(C(F)(F)F)c2)cc1NC(=O)N(C)c1cc(NCCc2ccccn2)ncn1. The van der Waals surface area contributed by atoms with Gasteiger partial charge in [-0.25, -0.2) is 29.5 Å². The van der Waals surface area contributed by atoms with Crippen LogP contribution in [0.1, 0.15) is 76.4 Å². The number of aryl methyl sites for hydroxylation is 2. The van der Waals surface area contributed by atoms with Gasteiger partial charge in [0.25, 0.3) is 11.8 Å². The zero-order valence-electron chi connectivity index (χ0n) is 45.7. The number of hydrogen-bond acceptors (Lipinski definition) is 12. The summed E-state index contributed by atoms with van der Waals surface area (Å²) in [5, 5.41) is 17.2. The first-order valence-corrected chi connectivity index (χ1v) is 25.4. The number of rotatable bonds is 18. The molecule has 7 aromatic rings. The van der Waals surface area contributed by atoms with E-state index in [0.717, 1.165) is 36.5 Å². The number of anilines is 8. The maximum atomic E-state index is 13.0. The van der Waals surface area contributed by atoms with E-state index in [-0.39, 0.29) is 11.1 Å². The second-order valence-corrected chi connectivity index (χ2v) is 19.0. The van der Waals surface area contributed by atoms with Crippen LogP contribution in [-0.2, 0) is 18.8 Å². The highest BCUT2D eigenvalue weighted by atomic mass is 19.4. The molecule has 7 rings (SSSR count). The quantitative estimate of drug-likeness (QED) is 0.0443. The molecule has 0 fully saturated rings. The van der Waals surface area contributed by atoms with Crippen molar-refractivity contribution in [3.63, 3.8) is 0 Å². The number of benzene rings is 4. The summed E-state index contributed by atoms with van der Waals surface area (Å²) < 4.78 is 78.2. The summed E-state index contributed by atoms with van der Waals surface area (Å²) in [5.41, 5.74) is 1.66. The third-order valence-corrected chi connectivity index (χ3v) is 12.4. The number of alkyl halides is 6. The zero-order chi connectivity index (χ0) is 59.0. The third-order valence-electron chi connectivity index (χ3n) is 12.4. The number of pyridine rings is 1. The Kier molecular flexibility index (Phi) is 20.8. The van der Waals surface area contributed by atoms with Crippen LogP contribution >= 0.6 is 0 Å². The second kappa shape index (κ2) is 27.6. The zero-order valence-corrected chi connectivity index (χ0v) is 45.7. The Morgan fingerprint density at radius 2 is 0.975 bits per heavy atom. The second-order valence-electron chi connectivity index (χ2n) is 19.0. The van der Waals surface area contributed by atoms with Crippen molar-refractivity contribution in [3.8, 4) is 0 Å². The minimum atomic E-state index is -4.57. The molecule has 0 spiro atoms. The number of nitrogens with zero attached hydrogens (tertiary/aromatic N) is 8. The van der Waals surface area contributed by atoms with Crippen LogP contribution in [0.2, 0.25) is 0 Å². The van der Waals surface area contributed by atoms with Crippen LogP contribution < -0.4 is 41.7 Å². The maximum Gasteiger partial charge on any atom is 0.416 e. The van der Waals surface area contributed by atoms with Gasteiger partial charge in [-0.05, 0) is 125 Å². The molecule has 426 valence electrons. The van der Waals surface area contributed by atoms with Crippen molar-refractivity contribution in [2.24, 2.45) is 0 Å². The van der Waals surface area contributed by atoms with E-state index in [1.165, 1.54) is 58.9 Å². The van der Waals surface area contributed by atoms with Gasteiger partial charge in [0, 0.05) is 110 Å². The Hall–Kier alpha value is -9.19. The fraction of sp³-hybridized carbons (Fsp3) is 0.281. The van der Waals surface area contributed by atoms with Gasteiger partial charge in [-0.2, -0.15) is 26.3 Å². The standard InChI is InChI=1S/C29H36F3N7O2.C28H26F3N7O2/c1-18(2)39(19(3)4)13-12-33-25-16-26(35-17-34-25)38(6)28(41)37-24-15-23(11-10-20(24)5)36-27(40)21-8-7-9-22(14-21)29(30,31)32;1-18-9-10-22(36-26(39)19-6-5-7-20(14-19)28(29,30)31)15-23(18)37-27(40)38(2)25-16-24(34-17-35-25)33-13-11-21-8-3-4-12-32-21/h7-11,14-19H,12-13H2,1-6H3,(H,36,40)(H,37,41)(H,33,34,35);3-10,12,14-17H,11,13H2,1-2H3,(H,36,39)(H,37,40)(H,33,34,35). The first-order chi connectivity index (χ1) is 38.4. The molecule has 3 aromatic heterocycles. The summed E-state index contributed by atoms with van der Waals surface area (Å²) in [6.07, 6.45) is -3.99. The first kappa shape index (κ1) is 61.0. The molecular weight excluding hydrogens is 1060 g/mol. The Morgan fingerprint density at radius 1 is 0.519 bits per heavy atom. The molecule has 0 saturated heterocycles. The smallest absolute Gasteiger partial charge is 0.370 e. The van der Waals surface area contributed by atoms with Gasteiger partial charge in [0.15, 0.2) is 0 Å². The third kappa shape index (κ3) is 17.9. The molecule has 0 saturated carbocycles. The van der Waals surface area contributed by atoms with Crippen molar-refractivity contribution in [3.05, 3.63) is 173 Å². The molecule has 3 heterocycles. The van der Waals surface area contributed by atoms with Crippen molar-refractivity contribution in [1.29, 1.82) is 0 Å². The molecular formula is C57H62F6N14O4. The Balaban J connectivity index is 0.000000261. The van der Waals surface area contributed by atoms with Gasteiger partial charge < -0.3 is 31.9 Å². The van der Waals surface area contributed by atoms with Gasteiger partial charge in [0.1, 0.15) is 35.9 Å². The monoisotopic (exact) mass is 1120 g/mol. The number of carbonyl (C=O) groups excluding carboxylic acids is 4. The summed E-state index contributed by atoms with van der Waals surface area (Å²) in [6.45, 7) is 14.2. The molecule has 0 aliphatic rings. The lowest BCUT2D eigenvalue weighted by molar-refractivity contribution is -0.138. The van der Waals surface area contributed by atoms with Crippen molar-refractivity contribution < 1.29 is 45.5 Å². The summed E-state index contributed by atoms with van der Waals surface area (Å²) >= 11 is 0. The summed E-state index contributed by atoms with van der Waals surface area (Å²) in [5.74, 6) is 0.415. The lowest BCUT2D eigenvalue weighted by Crippen LogP contribution is -2.40. The van der Waals surface area contributed by atoms with Gasteiger partial charge in [0.2, 0.25) is 0 Å². The highest BCUT2D eigenvalue weighted by molar-refractivity contribution is 6.07. The van der Waals surface area contributed by atoms with Gasteiger partial charge in [0.05, 0.1) is 11.1 Å². The number of urea groups is 2. The predicted molar refractivity (Wildman–Crippen MR) is 302 cm³/mol. The summed E-state index contributed by atoms with van der Waals surface area (Å²) in [4.78, 5) is 77.3. The minimum absolute atomic E-state index is 0.139. The molecule has 6 N–H and O–H groups in total. The normalized spacial score (nSPS) is 11.3. The van der Waals surface area contributed by atoms with E-state index in [9.17, 15) is 45.5 Å². The fourth-order valence-corrected chi connectivity index (χ4v) is 7.90. The van der Waals surface area contributed by atoms with E-state index in [2.05, 4.69) is 89.4 Å². The number of amides is 6. The molecule has 6 amide bonds. The van der Waals surface area contributed by atoms with Crippen molar-refractivity contribution >= 4 is 69.9 Å². The Labute approximate surface area is 464 Å². The van der Waals surface area contributed by atoms with Crippen molar-refractivity contribution in [2.75, 3.05) is 75.4 Å². The molecule has 0 bridgehead atoms. The van der Waals surface area contributed by atoms with E-state index >= 15 is 0 Å². The van der Waals surface area contributed by atoms with Crippen LogP contribution in [0.25, 0.3) is 0 Å². The number of hydrogen-bond donors (Lipinski definition) is 6. The topological polar surface area (TPSA) is 215 Å². The number of halogens is 6. The van der Waals surface area contributed by atoms with E-state index in [1.807, 2.05) is 18.2 Å². The molecule has 0 unspecified atom stereocenters. The highest BCUT2D eigenvalue weighted by Gasteiger charge is 2.32. The average Bonchev–Trinajstić information content (AvgIpc) is 3.44. The number of nitrogens with one attached hydrogen (secondary N) is 6. The Morgan fingerprint density at radius 3 is 1.40 bits per heavy atom. The average molecular weight is 1120 g/mol. The van der Waals surface area contributed by atoms with E-state index in [0.29, 0.717) is 88.7 Å². The molecule has 4 aromatic carbocycles. The van der Waals surface area contributed by atoms with Crippen molar-refractivity contribution in [2.45, 2.75) is 72.4 Å². The molecule has 0 atom stereocenters. The lowest BCUT2D eigenvalue weighted by Gasteiger charge is -2.30. The first-order valence-electron chi connectivity index (χ1n) is 25.4. The number of aromatic nitrogens is 5. The van der Waals surface area contributed by atoms with Gasteiger partial charge in [-0.1, -0.05) is 30.3 Å². The van der Waals surface area contributed by atoms with Gasteiger partial charge in [-0.3, -0.25) is 29.3 Å². The molecule has 81 heavy (non-hydrogen) atoms. The number of carbonyl (C=O) groups is 4. The maximum absolute atomic E-state index is 13.0. The van der Waals surface area contributed by atoms with E-state index < -0.39 is 47.4 Å². The fourth-order valence-electron chi connectivity index (χ4n) is 7.90. The molecule has 0 aliphatic heterocycles. The molecule has 24 heteroatoms. The minimum Gasteiger partial charge on any atom is -0.370 e. The molecule has 18 nitrogen and oxygen atoms in total. The highest BCUT2D eigenvalue weighted by Crippen LogP contribution is 2.32. The van der Waals surface area contributed by atoms with Crippen LogP contribution in [0.3, 0.4) is 0 Å². The van der Waals surface area contributed by atoms with Crippen LogP contribution in [-0.4, -0.2) is 99.5 Å².